The lowest BCUT2D eigenvalue weighted by Gasteiger charge is -2.44. The fraction of sp³-hybridized carbons (Fsp3) is 0.786. The number of rotatable bonds is 2. The molecule has 110 valence electrons. The molecule has 0 radical (unpaired) electrons. The summed E-state index contributed by atoms with van der Waals surface area (Å²) in [7, 11) is 0. The Kier molecular flexibility index (Phi) is 3.74. The molecule has 1 aliphatic carbocycles. The van der Waals surface area contributed by atoms with Crippen molar-refractivity contribution in [2.45, 2.75) is 51.2 Å². The number of hydrogen-bond donors (Lipinski definition) is 0. The number of aryl methyl sites for hydroxylation is 1. The molecule has 3 rings (SSSR count). The predicted molar refractivity (Wildman–Crippen MR) is 73.4 cm³/mol. The maximum atomic E-state index is 12.6. The number of ether oxygens (including phenoxy) is 1. The van der Waals surface area contributed by atoms with Crippen molar-refractivity contribution in [1.29, 1.82) is 0 Å². The van der Waals surface area contributed by atoms with Crippen LogP contribution in [0.2, 0.25) is 0 Å². The van der Waals surface area contributed by atoms with Crippen LogP contribution in [-0.2, 0) is 11.3 Å². The van der Waals surface area contributed by atoms with E-state index in [1.807, 2.05) is 11.8 Å². The fourth-order valence-electron chi connectivity index (χ4n) is 3.34. The first-order valence-corrected chi connectivity index (χ1v) is 7.56. The molecule has 6 heteroatoms. The van der Waals surface area contributed by atoms with Crippen LogP contribution in [0.4, 0.5) is 0 Å². The van der Waals surface area contributed by atoms with Gasteiger partial charge in [-0.1, -0.05) is 24.5 Å². The molecule has 1 saturated carbocycles. The molecule has 0 atom stereocenters. The number of hydrogen-bond acceptors (Lipinski definition) is 4. The summed E-state index contributed by atoms with van der Waals surface area (Å²) in [5, 5.41) is 7.79. The van der Waals surface area contributed by atoms with E-state index < -0.39 is 0 Å². The first kappa shape index (κ1) is 13.5. The Labute approximate surface area is 119 Å². The highest BCUT2D eigenvalue weighted by atomic mass is 16.5. The van der Waals surface area contributed by atoms with Gasteiger partial charge in [-0.2, -0.15) is 0 Å². The third-order valence-corrected chi connectivity index (χ3v) is 4.44. The first-order chi connectivity index (χ1) is 9.74. The lowest BCUT2D eigenvalue weighted by Crippen LogP contribution is -2.54. The topological polar surface area (TPSA) is 60.2 Å². The van der Waals surface area contributed by atoms with E-state index in [9.17, 15) is 4.79 Å². The summed E-state index contributed by atoms with van der Waals surface area (Å²) in [6, 6.07) is 0. The van der Waals surface area contributed by atoms with Gasteiger partial charge in [0.2, 0.25) is 0 Å². The van der Waals surface area contributed by atoms with Gasteiger partial charge in [-0.3, -0.25) is 4.79 Å². The minimum Gasteiger partial charge on any atom is -0.371 e. The molecule has 1 saturated heterocycles. The highest BCUT2D eigenvalue weighted by Gasteiger charge is 2.39. The molecule has 2 aliphatic rings. The minimum absolute atomic E-state index is 0.0325. The average molecular weight is 278 g/mol. The summed E-state index contributed by atoms with van der Waals surface area (Å²) in [6.45, 7) is 4.64. The third kappa shape index (κ3) is 2.44. The van der Waals surface area contributed by atoms with Crippen molar-refractivity contribution in [3.63, 3.8) is 0 Å². The Balaban J connectivity index is 1.75. The molecule has 0 aromatic carbocycles. The highest BCUT2D eigenvalue weighted by molar-refractivity contribution is 5.92. The largest absolute Gasteiger partial charge is 0.371 e. The highest BCUT2D eigenvalue weighted by Crippen LogP contribution is 2.34. The normalized spacial score (nSPS) is 22.1. The molecule has 1 aromatic heterocycles. The number of carbonyl (C=O) groups excluding carboxylic acids is 1. The predicted octanol–water partition coefficient (Wildman–Crippen LogP) is 1.47. The molecule has 1 aliphatic heterocycles. The van der Waals surface area contributed by atoms with Gasteiger partial charge >= 0.3 is 0 Å². The second kappa shape index (κ2) is 5.52. The molecule has 1 aromatic rings. The van der Waals surface area contributed by atoms with Crippen molar-refractivity contribution in [2.24, 2.45) is 0 Å². The molecule has 6 nitrogen and oxygen atoms in total. The Bertz CT molecular complexity index is 474. The Morgan fingerprint density at radius 3 is 2.95 bits per heavy atom. The number of amides is 1. The second-order valence-electron chi connectivity index (χ2n) is 5.75. The van der Waals surface area contributed by atoms with Crippen molar-refractivity contribution < 1.29 is 9.53 Å². The van der Waals surface area contributed by atoms with E-state index >= 15 is 0 Å². The Hall–Kier alpha value is -1.43. The molecule has 0 unspecified atom stereocenters. The van der Waals surface area contributed by atoms with Gasteiger partial charge in [-0.15, -0.1) is 5.10 Å². The molecular weight excluding hydrogens is 256 g/mol. The average Bonchev–Trinajstić information content (AvgIpc) is 2.96. The number of nitrogens with zero attached hydrogens (tertiary/aromatic N) is 4. The van der Waals surface area contributed by atoms with Gasteiger partial charge in [-0.05, 0) is 19.8 Å². The van der Waals surface area contributed by atoms with E-state index in [2.05, 4.69) is 10.3 Å². The van der Waals surface area contributed by atoms with Crippen LogP contribution in [0.15, 0.2) is 6.20 Å². The maximum absolute atomic E-state index is 12.6. The summed E-state index contributed by atoms with van der Waals surface area (Å²) in [6.07, 6.45) is 7.40. The zero-order valence-electron chi connectivity index (χ0n) is 12.0. The van der Waals surface area contributed by atoms with Crippen molar-refractivity contribution >= 4 is 5.91 Å². The van der Waals surface area contributed by atoms with E-state index in [0.29, 0.717) is 31.9 Å². The summed E-state index contributed by atoms with van der Waals surface area (Å²) < 4.78 is 7.69. The first-order valence-electron chi connectivity index (χ1n) is 7.56. The zero-order chi connectivity index (χ0) is 14.0. The van der Waals surface area contributed by atoms with Crippen LogP contribution in [0.1, 0.15) is 49.5 Å². The lowest BCUT2D eigenvalue weighted by atomic mass is 9.83. The Morgan fingerprint density at radius 2 is 2.20 bits per heavy atom. The van der Waals surface area contributed by atoms with Gasteiger partial charge < -0.3 is 9.64 Å². The molecule has 2 fully saturated rings. The van der Waals surface area contributed by atoms with Crippen LogP contribution in [0.5, 0.6) is 0 Å². The van der Waals surface area contributed by atoms with Gasteiger partial charge in [0.05, 0.1) is 24.9 Å². The van der Waals surface area contributed by atoms with E-state index in [0.717, 1.165) is 12.8 Å². The molecule has 2 heterocycles. The summed E-state index contributed by atoms with van der Waals surface area (Å²) in [4.78, 5) is 14.6. The molecule has 1 amide bonds. The summed E-state index contributed by atoms with van der Waals surface area (Å²) in [5.41, 5.74) is 0.483. The quantitative estimate of drug-likeness (QED) is 0.822. The van der Waals surface area contributed by atoms with Crippen LogP contribution in [0, 0.1) is 0 Å². The molecule has 20 heavy (non-hydrogen) atoms. The number of carbonyl (C=O) groups is 1. The van der Waals surface area contributed by atoms with E-state index in [1.54, 1.807) is 10.9 Å². The molecule has 0 N–H and O–H groups in total. The van der Waals surface area contributed by atoms with Gasteiger partial charge in [0.15, 0.2) is 0 Å². The molecule has 1 spiro atoms. The van der Waals surface area contributed by atoms with Crippen LogP contribution < -0.4 is 0 Å². The van der Waals surface area contributed by atoms with Gasteiger partial charge in [0.1, 0.15) is 5.69 Å². The number of morpholine rings is 1. The van der Waals surface area contributed by atoms with Gasteiger partial charge in [0.25, 0.3) is 5.91 Å². The Morgan fingerprint density at radius 1 is 1.40 bits per heavy atom. The third-order valence-electron chi connectivity index (χ3n) is 4.44. The van der Waals surface area contributed by atoms with E-state index in [-0.39, 0.29) is 11.5 Å². The van der Waals surface area contributed by atoms with Gasteiger partial charge in [-0.25, -0.2) is 4.68 Å². The van der Waals surface area contributed by atoms with Crippen molar-refractivity contribution in [2.75, 3.05) is 19.7 Å². The second-order valence-corrected chi connectivity index (χ2v) is 5.75. The van der Waals surface area contributed by atoms with Crippen LogP contribution in [0.3, 0.4) is 0 Å². The monoisotopic (exact) mass is 278 g/mol. The SMILES string of the molecule is CCn1nncc1C(=O)N1CCOC2(CCCCC2)C1. The zero-order valence-corrected chi connectivity index (χ0v) is 12.0. The molecule has 0 bridgehead atoms. The van der Waals surface area contributed by atoms with E-state index in [4.69, 9.17) is 4.74 Å². The van der Waals surface area contributed by atoms with Crippen LogP contribution >= 0.6 is 0 Å². The van der Waals surface area contributed by atoms with Crippen molar-refractivity contribution in [3.05, 3.63) is 11.9 Å². The summed E-state index contributed by atoms with van der Waals surface area (Å²) >= 11 is 0. The molecular formula is C14H22N4O2. The number of aromatic nitrogens is 3. The smallest absolute Gasteiger partial charge is 0.273 e. The minimum atomic E-state index is -0.101. The fourth-order valence-corrected chi connectivity index (χ4v) is 3.34. The van der Waals surface area contributed by atoms with Crippen molar-refractivity contribution in [3.8, 4) is 0 Å². The standard InChI is InChI=1S/C14H22N4O2/c1-2-18-12(10-15-16-18)13(19)17-8-9-20-14(11-17)6-4-3-5-7-14/h10H,2-9,11H2,1H3. The van der Waals surface area contributed by atoms with Crippen LogP contribution in [0.25, 0.3) is 0 Å². The van der Waals surface area contributed by atoms with Crippen LogP contribution in [-0.4, -0.2) is 51.1 Å². The van der Waals surface area contributed by atoms with Gasteiger partial charge in [0, 0.05) is 13.1 Å². The maximum Gasteiger partial charge on any atom is 0.273 e. The summed E-state index contributed by atoms with van der Waals surface area (Å²) in [5.74, 6) is 0.0325. The lowest BCUT2D eigenvalue weighted by molar-refractivity contribution is -0.118. The van der Waals surface area contributed by atoms with Crippen molar-refractivity contribution in [1.82, 2.24) is 19.9 Å². The van der Waals surface area contributed by atoms with E-state index in [1.165, 1.54) is 19.3 Å².